The Kier molecular flexibility index (Phi) is 8.71. The van der Waals surface area contributed by atoms with Gasteiger partial charge in [-0.05, 0) is 29.6 Å². The third kappa shape index (κ3) is 7.18. The molecule has 0 saturated carbocycles. The summed E-state index contributed by atoms with van der Waals surface area (Å²) in [7, 11) is 0. The summed E-state index contributed by atoms with van der Waals surface area (Å²) in [5.74, 6) is -0.503. The average Bonchev–Trinajstić information content (AvgIpc) is 2.56. The highest BCUT2D eigenvalue weighted by atomic mass is 79.9. The van der Waals surface area contributed by atoms with E-state index < -0.39 is 0 Å². The van der Waals surface area contributed by atoms with Crippen LogP contribution < -0.4 is 0 Å². The molecule has 0 saturated heterocycles. The highest BCUT2D eigenvalue weighted by Crippen LogP contribution is 2.28. The number of nitrogens with zero attached hydrogens (tertiary/aromatic N) is 1. The summed E-state index contributed by atoms with van der Waals surface area (Å²) in [5, 5.41) is 0. The van der Waals surface area contributed by atoms with E-state index in [1.54, 1.807) is 0 Å². The zero-order valence-electron chi connectivity index (χ0n) is 15.3. The van der Waals surface area contributed by atoms with Crippen molar-refractivity contribution in [1.29, 1.82) is 0 Å². The van der Waals surface area contributed by atoms with Gasteiger partial charge < -0.3 is 9.64 Å². The molecule has 1 unspecified atom stereocenters. The third-order valence-corrected chi connectivity index (χ3v) is 4.39. The minimum absolute atomic E-state index is 0.0751. The van der Waals surface area contributed by atoms with Crippen molar-refractivity contribution in [3.05, 3.63) is 47.0 Å². The fourth-order valence-corrected chi connectivity index (χ4v) is 3.03. The minimum atomic E-state index is -0.317. The molecule has 4 heteroatoms. The quantitative estimate of drug-likeness (QED) is 0.523. The van der Waals surface area contributed by atoms with Crippen molar-refractivity contribution in [3.8, 4) is 0 Å². The third-order valence-electron chi connectivity index (χ3n) is 4.06. The molecule has 0 N–H and O–H groups in total. The topological polar surface area (TPSA) is 29.5 Å². The number of halogens is 1. The normalized spacial score (nSPS) is 12.9. The largest absolute Gasteiger partial charge is 0.465 e. The molecular formula is C20H30BrNO2. The van der Waals surface area contributed by atoms with E-state index in [1.807, 2.05) is 30.3 Å². The van der Waals surface area contributed by atoms with Crippen LogP contribution in [0.25, 0.3) is 0 Å². The first-order valence-corrected chi connectivity index (χ1v) is 9.35. The molecule has 24 heavy (non-hydrogen) atoms. The molecule has 0 aliphatic carbocycles. The second-order valence-corrected chi connectivity index (χ2v) is 8.04. The van der Waals surface area contributed by atoms with Crippen LogP contribution in [0.15, 0.2) is 41.4 Å². The van der Waals surface area contributed by atoms with Gasteiger partial charge in [-0.1, -0.05) is 80.5 Å². The van der Waals surface area contributed by atoms with Crippen LogP contribution in [0.1, 0.15) is 45.6 Å². The van der Waals surface area contributed by atoms with Gasteiger partial charge >= 0.3 is 5.97 Å². The van der Waals surface area contributed by atoms with E-state index in [1.165, 1.54) is 0 Å². The van der Waals surface area contributed by atoms with Gasteiger partial charge in [0.1, 0.15) is 0 Å². The number of carbonyl (C=O) groups excluding carboxylic acids is 1. The second-order valence-electron chi connectivity index (χ2n) is 6.92. The standard InChI is InChI=1S/C20H30BrNO2/c1-6-22(7-2)14-20(4,5)15-24-19(23)18(13-16(3)21)17-11-9-8-10-12-17/h8-12,18H,3,6-7,13-15H2,1-2,4-5H3. The molecule has 0 aliphatic heterocycles. The molecule has 0 aliphatic rings. The van der Waals surface area contributed by atoms with Gasteiger partial charge in [0.05, 0.1) is 12.5 Å². The number of benzene rings is 1. The van der Waals surface area contributed by atoms with E-state index in [9.17, 15) is 4.79 Å². The second kappa shape index (κ2) is 10.00. The van der Waals surface area contributed by atoms with Gasteiger partial charge in [-0.3, -0.25) is 4.79 Å². The Morgan fingerprint density at radius 3 is 2.33 bits per heavy atom. The van der Waals surface area contributed by atoms with Crippen molar-refractivity contribution < 1.29 is 9.53 Å². The first kappa shape index (κ1) is 20.9. The van der Waals surface area contributed by atoms with Gasteiger partial charge in [0, 0.05) is 12.0 Å². The molecule has 1 aromatic carbocycles. The molecule has 0 fully saturated rings. The van der Waals surface area contributed by atoms with Crippen LogP contribution in [0.4, 0.5) is 0 Å². The van der Waals surface area contributed by atoms with E-state index >= 15 is 0 Å². The molecule has 1 aromatic rings. The molecule has 1 atom stereocenters. The monoisotopic (exact) mass is 395 g/mol. The van der Waals surface area contributed by atoms with Crippen molar-refractivity contribution in [2.24, 2.45) is 5.41 Å². The summed E-state index contributed by atoms with van der Waals surface area (Å²) in [5.41, 5.74) is 0.888. The Balaban J connectivity index is 2.73. The number of ether oxygens (including phenoxy) is 1. The lowest BCUT2D eigenvalue weighted by Gasteiger charge is -2.31. The first-order valence-electron chi connectivity index (χ1n) is 8.56. The number of esters is 1. The smallest absolute Gasteiger partial charge is 0.313 e. The Hall–Kier alpha value is -1.13. The van der Waals surface area contributed by atoms with Crippen molar-refractivity contribution in [2.45, 2.75) is 40.0 Å². The number of allylic oxidation sites excluding steroid dienone is 1. The molecule has 0 aromatic heterocycles. The molecule has 3 nitrogen and oxygen atoms in total. The van der Waals surface area contributed by atoms with E-state index in [4.69, 9.17) is 4.74 Å². The SMILES string of the molecule is C=C(Br)CC(C(=O)OCC(C)(C)CN(CC)CC)c1ccccc1. The summed E-state index contributed by atoms with van der Waals surface area (Å²) < 4.78 is 6.49. The highest BCUT2D eigenvalue weighted by molar-refractivity contribution is 9.11. The molecule has 1 rings (SSSR count). The Morgan fingerprint density at radius 2 is 1.83 bits per heavy atom. The maximum absolute atomic E-state index is 12.7. The highest BCUT2D eigenvalue weighted by Gasteiger charge is 2.27. The molecule has 0 spiro atoms. The summed E-state index contributed by atoms with van der Waals surface area (Å²) >= 11 is 3.37. The number of rotatable bonds is 10. The lowest BCUT2D eigenvalue weighted by atomic mass is 9.93. The van der Waals surface area contributed by atoms with Crippen LogP contribution in [-0.2, 0) is 9.53 Å². The Morgan fingerprint density at radius 1 is 1.25 bits per heavy atom. The summed E-state index contributed by atoms with van der Waals surface area (Å²) in [6.07, 6.45) is 0.541. The van der Waals surface area contributed by atoms with Crippen molar-refractivity contribution in [2.75, 3.05) is 26.2 Å². The summed E-state index contributed by atoms with van der Waals surface area (Å²) in [6.45, 7) is 15.8. The average molecular weight is 396 g/mol. The zero-order valence-corrected chi connectivity index (χ0v) is 16.9. The van der Waals surface area contributed by atoms with Gasteiger partial charge in [-0.15, -0.1) is 0 Å². The Labute approximate surface area is 155 Å². The lowest BCUT2D eigenvalue weighted by Crippen LogP contribution is -2.37. The fourth-order valence-electron chi connectivity index (χ4n) is 2.71. The molecule has 0 heterocycles. The Bertz CT molecular complexity index is 524. The van der Waals surface area contributed by atoms with Crippen molar-refractivity contribution in [1.82, 2.24) is 4.90 Å². The van der Waals surface area contributed by atoms with Gasteiger partial charge in [0.25, 0.3) is 0 Å². The fraction of sp³-hybridized carbons (Fsp3) is 0.550. The van der Waals surface area contributed by atoms with Gasteiger partial charge in [-0.2, -0.15) is 0 Å². The van der Waals surface area contributed by atoms with Crippen LogP contribution in [0, 0.1) is 5.41 Å². The molecule has 0 bridgehead atoms. The minimum Gasteiger partial charge on any atom is -0.465 e. The summed E-state index contributed by atoms with van der Waals surface area (Å²) in [4.78, 5) is 15.0. The van der Waals surface area contributed by atoms with Crippen molar-refractivity contribution >= 4 is 21.9 Å². The van der Waals surface area contributed by atoms with E-state index in [0.29, 0.717) is 13.0 Å². The van der Waals surface area contributed by atoms with Gasteiger partial charge in [0.2, 0.25) is 0 Å². The molecular weight excluding hydrogens is 366 g/mol. The van der Waals surface area contributed by atoms with E-state index in [2.05, 4.69) is 55.1 Å². The van der Waals surface area contributed by atoms with E-state index in [-0.39, 0.29) is 17.3 Å². The predicted molar refractivity (Wildman–Crippen MR) is 104 cm³/mol. The lowest BCUT2D eigenvalue weighted by molar-refractivity contribution is -0.148. The van der Waals surface area contributed by atoms with Crippen LogP contribution in [-0.4, -0.2) is 37.1 Å². The molecule has 0 amide bonds. The van der Waals surface area contributed by atoms with Crippen LogP contribution in [0.5, 0.6) is 0 Å². The number of carbonyl (C=O) groups is 1. The van der Waals surface area contributed by atoms with Crippen molar-refractivity contribution in [3.63, 3.8) is 0 Å². The number of hydrogen-bond donors (Lipinski definition) is 0. The first-order chi connectivity index (χ1) is 11.3. The van der Waals surface area contributed by atoms with Crippen LogP contribution >= 0.6 is 15.9 Å². The van der Waals surface area contributed by atoms with Gasteiger partial charge in [-0.25, -0.2) is 0 Å². The molecule has 134 valence electrons. The predicted octanol–water partition coefficient (Wildman–Crippen LogP) is 4.98. The maximum atomic E-state index is 12.7. The van der Waals surface area contributed by atoms with E-state index in [0.717, 1.165) is 29.7 Å². The number of hydrogen-bond acceptors (Lipinski definition) is 3. The zero-order chi connectivity index (χ0) is 18.2. The molecule has 0 radical (unpaired) electrons. The van der Waals surface area contributed by atoms with Gasteiger partial charge in [0.15, 0.2) is 0 Å². The van der Waals surface area contributed by atoms with Crippen LogP contribution in [0.2, 0.25) is 0 Å². The van der Waals surface area contributed by atoms with Crippen LogP contribution in [0.3, 0.4) is 0 Å². The summed E-state index contributed by atoms with van der Waals surface area (Å²) in [6, 6.07) is 9.75. The maximum Gasteiger partial charge on any atom is 0.313 e.